The maximum atomic E-state index is 11.0. The second kappa shape index (κ2) is 11.2. The first kappa shape index (κ1) is 21.7. The van der Waals surface area contributed by atoms with Crippen molar-refractivity contribution in [1.82, 2.24) is 0 Å². The van der Waals surface area contributed by atoms with E-state index >= 15 is 0 Å². The minimum atomic E-state index is -0.422. The lowest BCUT2D eigenvalue weighted by atomic mass is 10.0. The number of hydrogen-bond acceptors (Lipinski definition) is 5. The number of carbonyl (C=O) groups excluding carboxylic acids is 1. The van der Waals surface area contributed by atoms with Crippen molar-refractivity contribution in [2.24, 2.45) is 0 Å². The largest absolute Gasteiger partial charge is 0.493 e. The van der Waals surface area contributed by atoms with Gasteiger partial charge in [0.1, 0.15) is 24.2 Å². The quantitative estimate of drug-likeness (QED) is 0.256. The molecule has 0 amide bonds. The molecule has 156 valence electrons. The molecule has 3 rings (SSSR count). The Kier molecular flexibility index (Phi) is 7.84. The highest BCUT2D eigenvalue weighted by atomic mass is 16.5. The van der Waals surface area contributed by atoms with Gasteiger partial charge in [0.25, 0.3) is 0 Å². The number of benzene rings is 3. The Bertz CT molecular complexity index is 1050. The van der Waals surface area contributed by atoms with Gasteiger partial charge < -0.3 is 14.2 Å². The van der Waals surface area contributed by atoms with Crippen LogP contribution >= 0.6 is 0 Å². The van der Waals surface area contributed by atoms with Gasteiger partial charge in [-0.15, -0.1) is 0 Å². The number of carbonyl (C=O) groups is 1. The zero-order chi connectivity index (χ0) is 21.9. The van der Waals surface area contributed by atoms with E-state index < -0.39 is 5.97 Å². The Morgan fingerprint density at radius 2 is 1.58 bits per heavy atom. The van der Waals surface area contributed by atoms with E-state index in [4.69, 9.17) is 19.5 Å². The van der Waals surface area contributed by atoms with Crippen molar-refractivity contribution in [2.45, 2.75) is 13.0 Å². The second-order valence-corrected chi connectivity index (χ2v) is 6.69. The molecular formula is C26H23NO4. The summed E-state index contributed by atoms with van der Waals surface area (Å²) in [5.74, 6) is 0.928. The van der Waals surface area contributed by atoms with E-state index in [9.17, 15) is 4.79 Å². The smallest absolute Gasteiger partial charge is 0.330 e. The van der Waals surface area contributed by atoms with Gasteiger partial charge in [0.05, 0.1) is 18.8 Å². The zero-order valence-electron chi connectivity index (χ0n) is 17.1. The summed E-state index contributed by atoms with van der Waals surface area (Å²) < 4.78 is 16.4. The molecule has 3 aromatic carbocycles. The summed E-state index contributed by atoms with van der Waals surface area (Å²) in [5, 5.41) is 9.14. The molecule has 3 aromatic rings. The fraction of sp³-hybridized carbons (Fsp3) is 0.154. The predicted molar refractivity (Wildman–Crippen MR) is 119 cm³/mol. The van der Waals surface area contributed by atoms with E-state index in [0.717, 1.165) is 28.5 Å². The molecule has 0 saturated heterocycles. The number of esters is 1. The molecule has 0 radical (unpaired) electrons. The van der Waals surface area contributed by atoms with Crippen LogP contribution in [0.3, 0.4) is 0 Å². The fourth-order valence-corrected chi connectivity index (χ4v) is 2.86. The third-order valence-electron chi connectivity index (χ3n) is 4.51. The van der Waals surface area contributed by atoms with Crippen LogP contribution in [0.2, 0.25) is 0 Å². The Labute approximate surface area is 182 Å². The molecule has 0 N–H and O–H groups in total. The first-order chi connectivity index (χ1) is 15.2. The van der Waals surface area contributed by atoms with Crippen molar-refractivity contribution in [1.29, 1.82) is 5.26 Å². The molecule has 0 aliphatic carbocycles. The van der Waals surface area contributed by atoms with Crippen LogP contribution in [0.4, 0.5) is 0 Å². The van der Waals surface area contributed by atoms with Crippen molar-refractivity contribution < 1.29 is 19.0 Å². The van der Waals surface area contributed by atoms with Crippen molar-refractivity contribution in [2.75, 3.05) is 13.2 Å². The predicted octanol–water partition coefficient (Wildman–Crippen LogP) is 5.30. The van der Waals surface area contributed by atoms with Crippen LogP contribution in [0.15, 0.2) is 85.5 Å². The monoisotopic (exact) mass is 413 g/mol. The molecule has 5 heteroatoms. The molecule has 0 bridgehead atoms. The minimum Gasteiger partial charge on any atom is -0.493 e. The molecule has 31 heavy (non-hydrogen) atoms. The first-order valence-corrected chi connectivity index (χ1v) is 9.93. The van der Waals surface area contributed by atoms with Gasteiger partial charge in [0.15, 0.2) is 0 Å². The number of para-hydroxylation sites is 1. The van der Waals surface area contributed by atoms with Gasteiger partial charge in [0.2, 0.25) is 0 Å². The third-order valence-corrected chi connectivity index (χ3v) is 4.51. The molecule has 0 aromatic heterocycles. The maximum Gasteiger partial charge on any atom is 0.330 e. The second-order valence-electron chi connectivity index (χ2n) is 6.69. The van der Waals surface area contributed by atoms with E-state index in [1.54, 1.807) is 12.1 Å². The normalized spacial score (nSPS) is 10.0. The van der Waals surface area contributed by atoms with E-state index in [1.165, 1.54) is 0 Å². The van der Waals surface area contributed by atoms with Gasteiger partial charge >= 0.3 is 5.97 Å². The lowest BCUT2D eigenvalue weighted by Crippen LogP contribution is -2.06. The van der Waals surface area contributed by atoms with Crippen LogP contribution in [0.1, 0.15) is 17.5 Å². The van der Waals surface area contributed by atoms with Crippen molar-refractivity contribution in [3.05, 3.63) is 96.6 Å². The highest BCUT2D eigenvalue weighted by Gasteiger charge is 2.04. The van der Waals surface area contributed by atoms with Crippen molar-refractivity contribution >= 4 is 5.97 Å². The summed E-state index contributed by atoms with van der Waals surface area (Å²) >= 11 is 0. The number of rotatable bonds is 10. The van der Waals surface area contributed by atoms with Crippen molar-refractivity contribution in [3.63, 3.8) is 0 Å². The van der Waals surface area contributed by atoms with Crippen LogP contribution in [0, 0.1) is 11.3 Å². The average Bonchev–Trinajstić information content (AvgIpc) is 2.83. The molecule has 0 fully saturated rings. The Balaban J connectivity index is 1.50. The highest BCUT2D eigenvalue weighted by Crippen LogP contribution is 2.24. The summed E-state index contributed by atoms with van der Waals surface area (Å²) in [6.07, 6.45) is 1.76. The van der Waals surface area contributed by atoms with E-state index in [2.05, 4.69) is 12.6 Å². The molecule has 0 aliphatic heterocycles. The number of ether oxygens (including phenoxy) is 3. The first-order valence-electron chi connectivity index (χ1n) is 9.93. The van der Waals surface area contributed by atoms with Gasteiger partial charge in [-0.25, -0.2) is 4.79 Å². The summed E-state index contributed by atoms with van der Waals surface area (Å²) in [4.78, 5) is 11.0. The summed E-state index contributed by atoms with van der Waals surface area (Å²) in [7, 11) is 0. The Hall–Kier alpha value is -4.04. The lowest BCUT2D eigenvalue weighted by molar-refractivity contribution is -0.137. The molecule has 0 aliphatic rings. The summed E-state index contributed by atoms with van der Waals surface area (Å²) in [6.45, 7) is 4.52. The van der Waals surface area contributed by atoms with Gasteiger partial charge in [-0.05, 0) is 41.0 Å². The topological polar surface area (TPSA) is 68.6 Å². The van der Waals surface area contributed by atoms with E-state index in [-0.39, 0.29) is 0 Å². The van der Waals surface area contributed by atoms with E-state index in [0.29, 0.717) is 37.6 Å². The molecule has 0 saturated carbocycles. The zero-order valence-corrected chi connectivity index (χ0v) is 17.1. The number of nitriles is 1. The lowest BCUT2D eigenvalue weighted by Gasteiger charge is -2.09. The van der Waals surface area contributed by atoms with Gasteiger partial charge in [0, 0.05) is 12.5 Å². The minimum absolute atomic E-state index is 0.307. The number of nitrogens with zero attached hydrogens (tertiary/aromatic N) is 1. The van der Waals surface area contributed by atoms with Crippen LogP contribution in [0.25, 0.3) is 11.1 Å². The van der Waals surface area contributed by atoms with Gasteiger partial charge in [-0.1, -0.05) is 55.1 Å². The van der Waals surface area contributed by atoms with Crippen LogP contribution in [-0.4, -0.2) is 19.2 Å². The van der Waals surface area contributed by atoms with Gasteiger partial charge in [-0.2, -0.15) is 5.26 Å². The molecule has 0 spiro atoms. The molecule has 0 unspecified atom stereocenters. The maximum absolute atomic E-state index is 11.0. The molecular weight excluding hydrogens is 390 g/mol. The van der Waals surface area contributed by atoms with E-state index in [1.807, 2.05) is 60.7 Å². The van der Waals surface area contributed by atoms with Crippen LogP contribution < -0.4 is 9.47 Å². The highest BCUT2D eigenvalue weighted by molar-refractivity contribution is 5.81. The van der Waals surface area contributed by atoms with Crippen LogP contribution in [-0.2, 0) is 16.1 Å². The van der Waals surface area contributed by atoms with Gasteiger partial charge in [-0.3, -0.25) is 0 Å². The molecule has 0 atom stereocenters. The third kappa shape index (κ3) is 6.48. The SMILES string of the molecule is C=CC(=O)OCCCOc1ccc(-c2ccc(COc3ccccc3C#N)cc2)cc1. The molecule has 5 nitrogen and oxygen atoms in total. The standard InChI is InChI=1S/C26H23NO4/c1-2-26(28)30-17-5-16-29-24-14-12-22(13-15-24)21-10-8-20(9-11-21)19-31-25-7-4-3-6-23(25)18-27/h2-4,6-15H,1,5,16-17,19H2. The Morgan fingerprint density at radius 3 is 2.26 bits per heavy atom. The summed E-state index contributed by atoms with van der Waals surface area (Å²) in [5.41, 5.74) is 3.71. The van der Waals surface area contributed by atoms with Crippen LogP contribution in [0.5, 0.6) is 11.5 Å². The van der Waals surface area contributed by atoms with Crippen molar-refractivity contribution in [3.8, 4) is 28.7 Å². The summed E-state index contributed by atoms with van der Waals surface area (Å²) in [6, 6.07) is 25.3. The molecule has 0 heterocycles. The average molecular weight is 413 g/mol. The fourth-order valence-electron chi connectivity index (χ4n) is 2.86. The Morgan fingerprint density at radius 1 is 0.903 bits per heavy atom. The number of hydrogen-bond donors (Lipinski definition) is 0.